The highest BCUT2D eigenvalue weighted by Gasteiger charge is 2.25. The van der Waals surface area contributed by atoms with E-state index in [-0.39, 0.29) is 18.2 Å². The molecule has 2 amide bonds. The summed E-state index contributed by atoms with van der Waals surface area (Å²) in [5.74, 6) is 0.142. The van der Waals surface area contributed by atoms with Gasteiger partial charge in [0.25, 0.3) is 0 Å². The predicted octanol–water partition coefficient (Wildman–Crippen LogP) is 3.16. The number of fused-ring (bicyclic) bond motifs is 1. The Labute approximate surface area is 177 Å². The van der Waals surface area contributed by atoms with Gasteiger partial charge in [0.15, 0.2) is 0 Å². The molecule has 156 valence electrons. The first-order valence-electron chi connectivity index (χ1n) is 10.4. The van der Waals surface area contributed by atoms with Gasteiger partial charge in [0, 0.05) is 44.9 Å². The Bertz CT molecular complexity index is 1120. The molecule has 0 N–H and O–H groups in total. The summed E-state index contributed by atoms with van der Waals surface area (Å²) in [7, 11) is 0. The van der Waals surface area contributed by atoms with Gasteiger partial charge in [0.2, 0.25) is 11.8 Å². The van der Waals surface area contributed by atoms with Crippen LogP contribution in [0.25, 0.3) is 16.9 Å². The van der Waals surface area contributed by atoms with Crippen LogP contribution in [0.1, 0.15) is 29.3 Å². The molecule has 0 spiro atoms. The van der Waals surface area contributed by atoms with E-state index in [0.717, 1.165) is 28.2 Å². The monoisotopic (exact) mass is 404 g/mol. The van der Waals surface area contributed by atoms with E-state index in [9.17, 15) is 9.59 Å². The van der Waals surface area contributed by atoms with Gasteiger partial charge in [-0.25, -0.2) is 4.98 Å². The van der Waals surface area contributed by atoms with Crippen molar-refractivity contribution in [3.63, 3.8) is 0 Å². The average molecular weight is 405 g/mol. The average Bonchev–Trinajstić information content (AvgIpc) is 3.10. The number of piperazine rings is 1. The lowest BCUT2D eigenvalue weighted by atomic mass is 10.0. The standard InChI is InChI=1S/C24H28N4O2/c1-16-7-8-20(14-18(16)3)23-21(28-9-5-6-17(2)24(28)25-23)15-22(30)27-12-10-26(11-13-27)19(4)29/h5-9,14H,10-13,15H2,1-4H3. The Morgan fingerprint density at radius 3 is 2.30 bits per heavy atom. The van der Waals surface area contributed by atoms with Crippen molar-refractivity contribution in [2.24, 2.45) is 0 Å². The maximum atomic E-state index is 13.2. The summed E-state index contributed by atoms with van der Waals surface area (Å²) >= 11 is 0. The molecular weight excluding hydrogens is 376 g/mol. The predicted molar refractivity (Wildman–Crippen MR) is 117 cm³/mol. The highest BCUT2D eigenvalue weighted by molar-refractivity contribution is 5.82. The molecule has 0 radical (unpaired) electrons. The lowest BCUT2D eigenvalue weighted by molar-refractivity contribution is -0.138. The van der Waals surface area contributed by atoms with E-state index in [1.54, 1.807) is 11.8 Å². The number of carbonyl (C=O) groups is 2. The number of carbonyl (C=O) groups excluding carboxylic acids is 2. The highest BCUT2D eigenvalue weighted by atomic mass is 16.2. The van der Waals surface area contributed by atoms with Crippen molar-refractivity contribution in [1.29, 1.82) is 0 Å². The van der Waals surface area contributed by atoms with E-state index in [1.165, 1.54) is 11.1 Å². The molecule has 1 saturated heterocycles. The van der Waals surface area contributed by atoms with Crippen molar-refractivity contribution in [3.05, 3.63) is 58.9 Å². The third-order valence-corrected chi connectivity index (χ3v) is 6.12. The summed E-state index contributed by atoms with van der Waals surface area (Å²) in [6, 6.07) is 10.4. The molecule has 0 atom stereocenters. The minimum Gasteiger partial charge on any atom is -0.339 e. The van der Waals surface area contributed by atoms with Crippen molar-refractivity contribution in [2.45, 2.75) is 34.1 Å². The molecule has 1 fully saturated rings. The Kier molecular flexibility index (Phi) is 5.33. The zero-order valence-corrected chi connectivity index (χ0v) is 18.1. The van der Waals surface area contributed by atoms with Crippen LogP contribution in [-0.2, 0) is 16.0 Å². The van der Waals surface area contributed by atoms with E-state index in [4.69, 9.17) is 4.98 Å². The number of benzene rings is 1. The summed E-state index contributed by atoms with van der Waals surface area (Å²) in [4.78, 5) is 33.3. The molecule has 1 aliphatic heterocycles. The number of aryl methyl sites for hydroxylation is 3. The molecule has 0 aliphatic carbocycles. The topological polar surface area (TPSA) is 57.9 Å². The van der Waals surface area contributed by atoms with Gasteiger partial charge in [0.1, 0.15) is 5.65 Å². The largest absolute Gasteiger partial charge is 0.339 e. The molecule has 1 aromatic carbocycles. The van der Waals surface area contributed by atoms with Crippen LogP contribution < -0.4 is 0 Å². The van der Waals surface area contributed by atoms with Gasteiger partial charge in [-0.15, -0.1) is 0 Å². The molecule has 3 heterocycles. The van der Waals surface area contributed by atoms with Crippen LogP contribution in [0.2, 0.25) is 0 Å². The van der Waals surface area contributed by atoms with Gasteiger partial charge >= 0.3 is 0 Å². The third kappa shape index (κ3) is 3.70. The molecule has 6 nitrogen and oxygen atoms in total. The Morgan fingerprint density at radius 2 is 1.63 bits per heavy atom. The fraction of sp³-hybridized carbons (Fsp3) is 0.375. The quantitative estimate of drug-likeness (QED) is 0.674. The first kappa shape index (κ1) is 20.1. The Morgan fingerprint density at radius 1 is 0.933 bits per heavy atom. The molecular formula is C24H28N4O2. The van der Waals surface area contributed by atoms with E-state index in [1.807, 2.05) is 34.6 Å². The van der Waals surface area contributed by atoms with Crippen molar-refractivity contribution in [2.75, 3.05) is 26.2 Å². The van der Waals surface area contributed by atoms with Crippen LogP contribution in [0.15, 0.2) is 36.5 Å². The summed E-state index contributed by atoms with van der Waals surface area (Å²) in [6.07, 6.45) is 2.27. The highest BCUT2D eigenvalue weighted by Crippen LogP contribution is 2.28. The molecule has 3 aromatic rings. The van der Waals surface area contributed by atoms with Crippen LogP contribution in [0.5, 0.6) is 0 Å². The second-order valence-corrected chi connectivity index (χ2v) is 8.15. The maximum absolute atomic E-state index is 13.2. The lowest BCUT2D eigenvalue weighted by Gasteiger charge is -2.34. The number of aromatic nitrogens is 2. The molecule has 30 heavy (non-hydrogen) atoms. The smallest absolute Gasteiger partial charge is 0.228 e. The SMILES string of the molecule is CC(=O)N1CCN(C(=O)Cc2c(-c3ccc(C)c(C)c3)nc3c(C)cccn23)CC1. The molecule has 0 unspecified atom stereocenters. The van der Waals surface area contributed by atoms with Crippen LogP contribution >= 0.6 is 0 Å². The molecule has 6 heteroatoms. The lowest BCUT2D eigenvalue weighted by Crippen LogP contribution is -2.50. The minimum atomic E-state index is 0.0661. The number of amides is 2. The fourth-order valence-corrected chi connectivity index (χ4v) is 4.07. The van der Waals surface area contributed by atoms with Crippen LogP contribution in [0.4, 0.5) is 0 Å². The molecule has 1 aliphatic rings. The molecule has 0 bridgehead atoms. The van der Waals surface area contributed by atoms with E-state index in [0.29, 0.717) is 26.2 Å². The van der Waals surface area contributed by atoms with Gasteiger partial charge in [-0.3, -0.25) is 9.59 Å². The van der Waals surface area contributed by atoms with Crippen molar-refractivity contribution in [3.8, 4) is 11.3 Å². The van der Waals surface area contributed by atoms with Gasteiger partial charge < -0.3 is 14.2 Å². The second kappa shape index (κ2) is 7.94. The van der Waals surface area contributed by atoms with Crippen LogP contribution in [0, 0.1) is 20.8 Å². The summed E-state index contributed by atoms with van der Waals surface area (Å²) in [6.45, 7) is 10.2. The maximum Gasteiger partial charge on any atom is 0.228 e. The number of hydrogen-bond acceptors (Lipinski definition) is 3. The molecule has 4 rings (SSSR count). The van der Waals surface area contributed by atoms with Crippen molar-refractivity contribution >= 4 is 17.5 Å². The Balaban J connectivity index is 1.69. The summed E-state index contributed by atoms with van der Waals surface area (Å²) in [5, 5.41) is 0. The van der Waals surface area contributed by atoms with E-state index in [2.05, 4.69) is 32.0 Å². The van der Waals surface area contributed by atoms with E-state index < -0.39 is 0 Å². The summed E-state index contributed by atoms with van der Waals surface area (Å²) < 4.78 is 2.05. The zero-order chi connectivity index (χ0) is 21.4. The van der Waals surface area contributed by atoms with E-state index >= 15 is 0 Å². The first-order valence-corrected chi connectivity index (χ1v) is 10.4. The number of nitrogens with zero attached hydrogens (tertiary/aromatic N) is 4. The first-order chi connectivity index (χ1) is 14.3. The third-order valence-electron chi connectivity index (χ3n) is 6.12. The molecule has 2 aromatic heterocycles. The van der Waals surface area contributed by atoms with Crippen LogP contribution in [0.3, 0.4) is 0 Å². The molecule has 0 saturated carbocycles. The number of pyridine rings is 1. The number of hydrogen-bond donors (Lipinski definition) is 0. The van der Waals surface area contributed by atoms with Gasteiger partial charge in [0.05, 0.1) is 17.8 Å². The van der Waals surface area contributed by atoms with Crippen LogP contribution in [-0.4, -0.2) is 57.2 Å². The van der Waals surface area contributed by atoms with Crippen molar-refractivity contribution < 1.29 is 9.59 Å². The minimum absolute atomic E-state index is 0.0661. The second-order valence-electron chi connectivity index (χ2n) is 8.15. The number of rotatable bonds is 3. The zero-order valence-electron chi connectivity index (χ0n) is 18.1. The van der Waals surface area contributed by atoms with Gasteiger partial charge in [-0.05, 0) is 49.6 Å². The number of imidazole rings is 1. The summed E-state index contributed by atoms with van der Waals surface area (Å²) in [5.41, 5.74) is 7.22. The normalized spacial score (nSPS) is 14.4. The van der Waals surface area contributed by atoms with Gasteiger partial charge in [-0.1, -0.05) is 18.2 Å². The Hall–Kier alpha value is -3.15. The fourth-order valence-electron chi connectivity index (χ4n) is 4.07. The van der Waals surface area contributed by atoms with Crippen molar-refractivity contribution in [1.82, 2.24) is 19.2 Å². The van der Waals surface area contributed by atoms with Gasteiger partial charge in [-0.2, -0.15) is 0 Å².